The van der Waals surface area contributed by atoms with E-state index in [0.717, 1.165) is 16.8 Å². The van der Waals surface area contributed by atoms with Gasteiger partial charge in [0.2, 0.25) is 0 Å². The van der Waals surface area contributed by atoms with Crippen LogP contribution in [0, 0.1) is 11.3 Å². The zero-order valence-electron chi connectivity index (χ0n) is 10.8. The first-order valence-corrected chi connectivity index (χ1v) is 5.49. The Morgan fingerprint density at radius 1 is 1.19 bits per heavy atom. The molecule has 0 bridgehead atoms. The lowest BCUT2D eigenvalue weighted by Gasteiger charge is -2.11. The summed E-state index contributed by atoms with van der Waals surface area (Å²) in [5.74, 6) is 0. The van der Waals surface area contributed by atoms with Gasteiger partial charge in [0.15, 0.2) is 0 Å². The maximum Gasteiger partial charge on any atom is 0.0944 e. The third-order valence-electron chi connectivity index (χ3n) is 1.97. The summed E-state index contributed by atoms with van der Waals surface area (Å²) >= 11 is 0. The number of rotatable bonds is 2. The molecule has 0 aromatic heterocycles. The maximum atomic E-state index is 8.61. The van der Waals surface area contributed by atoms with Crippen molar-refractivity contribution in [2.24, 2.45) is 0 Å². The van der Waals surface area contributed by atoms with Crippen molar-refractivity contribution in [1.82, 2.24) is 0 Å². The van der Waals surface area contributed by atoms with Gasteiger partial charge in [0, 0.05) is 25.4 Å². The van der Waals surface area contributed by atoms with Gasteiger partial charge in [-0.2, -0.15) is 5.26 Å². The highest BCUT2D eigenvalue weighted by molar-refractivity contribution is 5.59. The van der Waals surface area contributed by atoms with Crippen molar-refractivity contribution >= 4 is 11.8 Å². The van der Waals surface area contributed by atoms with Crippen LogP contribution in [0.5, 0.6) is 0 Å². The summed E-state index contributed by atoms with van der Waals surface area (Å²) in [6, 6.07) is 10.2. The molecule has 0 spiro atoms. The number of benzene rings is 1. The van der Waals surface area contributed by atoms with Gasteiger partial charge in [-0.25, -0.2) is 0 Å². The van der Waals surface area contributed by atoms with Crippen LogP contribution in [0.15, 0.2) is 29.8 Å². The standard InChI is InChI=1S/C12H14N2.C2H6/c1-10(9-13)8-11-4-6-12(7-5-11)14(2)3;1-2/h4-8H,1-3H3;1-2H3/b10-8-;. The molecule has 0 aliphatic heterocycles. The van der Waals surface area contributed by atoms with Gasteiger partial charge >= 0.3 is 0 Å². The van der Waals surface area contributed by atoms with Gasteiger partial charge in [-0.05, 0) is 30.7 Å². The van der Waals surface area contributed by atoms with E-state index in [1.54, 1.807) is 6.92 Å². The molecule has 0 saturated carbocycles. The quantitative estimate of drug-likeness (QED) is 0.705. The molecule has 2 heteroatoms. The summed E-state index contributed by atoms with van der Waals surface area (Å²) in [5.41, 5.74) is 2.95. The SMILES string of the molecule is C/C(C#N)=C/c1ccc(N(C)C)cc1.CC. The van der Waals surface area contributed by atoms with Gasteiger partial charge in [-0.3, -0.25) is 0 Å². The minimum Gasteiger partial charge on any atom is -0.378 e. The van der Waals surface area contributed by atoms with Gasteiger partial charge in [0.05, 0.1) is 6.07 Å². The molecule has 0 aliphatic carbocycles. The van der Waals surface area contributed by atoms with E-state index in [2.05, 4.69) is 6.07 Å². The van der Waals surface area contributed by atoms with Gasteiger partial charge in [-0.1, -0.05) is 26.0 Å². The molecule has 0 radical (unpaired) electrons. The first kappa shape index (κ1) is 14.2. The molecule has 0 aliphatic rings. The van der Waals surface area contributed by atoms with E-state index in [-0.39, 0.29) is 0 Å². The molecule has 1 aromatic carbocycles. The topological polar surface area (TPSA) is 27.0 Å². The molecule has 0 amide bonds. The van der Waals surface area contributed by atoms with Crippen LogP contribution < -0.4 is 4.90 Å². The van der Waals surface area contributed by atoms with Crippen LogP contribution in [0.4, 0.5) is 5.69 Å². The molecule has 0 N–H and O–H groups in total. The average molecular weight is 216 g/mol. The summed E-state index contributed by atoms with van der Waals surface area (Å²) in [5, 5.41) is 8.61. The highest BCUT2D eigenvalue weighted by Crippen LogP contribution is 2.14. The molecule has 0 heterocycles. The third-order valence-corrected chi connectivity index (χ3v) is 1.97. The fourth-order valence-electron chi connectivity index (χ4n) is 1.15. The molecule has 2 nitrogen and oxygen atoms in total. The van der Waals surface area contributed by atoms with E-state index >= 15 is 0 Å². The smallest absolute Gasteiger partial charge is 0.0944 e. The van der Waals surface area contributed by atoms with Crippen LogP contribution in [0.1, 0.15) is 26.3 Å². The van der Waals surface area contributed by atoms with E-state index in [1.165, 1.54) is 0 Å². The minimum absolute atomic E-state index is 0.725. The molecule has 0 unspecified atom stereocenters. The Hall–Kier alpha value is -1.75. The lowest BCUT2D eigenvalue weighted by molar-refractivity contribution is 1.13. The van der Waals surface area contributed by atoms with Gasteiger partial charge in [-0.15, -0.1) is 0 Å². The Bertz CT molecular complexity index is 367. The van der Waals surface area contributed by atoms with Crippen molar-refractivity contribution in [2.75, 3.05) is 19.0 Å². The summed E-state index contributed by atoms with van der Waals surface area (Å²) in [6.45, 7) is 5.81. The fraction of sp³-hybridized carbons (Fsp3) is 0.357. The second kappa shape index (κ2) is 7.53. The Kier molecular flexibility index (Phi) is 6.71. The lowest BCUT2D eigenvalue weighted by atomic mass is 10.1. The van der Waals surface area contributed by atoms with Crippen molar-refractivity contribution < 1.29 is 0 Å². The monoisotopic (exact) mass is 216 g/mol. The second-order valence-electron chi connectivity index (χ2n) is 3.43. The van der Waals surface area contributed by atoms with Crippen LogP contribution >= 0.6 is 0 Å². The third kappa shape index (κ3) is 4.65. The van der Waals surface area contributed by atoms with E-state index in [9.17, 15) is 0 Å². The number of allylic oxidation sites excluding steroid dienone is 1. The fourth-order valence-corrected chi connectivity index (χ4v) is 1.15. The molecule has 86 valence electrons. The molecular formula is C14H20N2. The van der Waals surface area contributed by atoms with Crippen molar-refractivity contribution in [3.63, 3.8) is 0 Å². The molecule has 0 atom stereocenters. The normalized spacial score (nSPS) is 9.88. The van der Waals surface area contributed by atoms with Gasteiger partial charge < -0.3 is 4.90 Å². The number of nitriles is 1. The highest BCUT2D eigenvalue weighted by atomic mass is 15.1. The summed E-state index contributed by atoms with van der Waals surface area (Å²) in [4.78, 5) is 2.05. The van der Waals surface area contributed by atoms with Crippen LogP contribution in [-0.2, 0) is 0 Å². The van der Waals surface area contributed by atoms with Crippen LogP contribution in [0.25, 0.3) is 6.08 Å². The average Bonchev–Trinajstić information content (AvgIpc) is 2.32. The van der Waals surface area contributed by atoms with Gasteiger partial charge in [0.25, 0.3) is 0 Å². The molecule has 1 rings (SSSR count). The second-order valence-corrected chi connectivity index (χ2v) is 3.43. The van der Waals surface area contributed by atoms with Crippen molar-refractivity contribution in [1.29, 1.82) is 5.26 Å². The molecule has 1 aromatic rings. The maximum absolute atomic E-state index is 8.61. The first-order chi connectivity index (χ1) is 7.63. The van der Waals surface area contributed by atoms with E-state index in [0.29, 0.717) is 0 Å². The number of hydrogen-bond acceptors (Lipinski definition) is 2. The predicted molar refractivity (Wildman–Crippen MR) is 71.4 cm³/mol. The van der Waals surface area contributed by atoms with Crippen LogP contribution in [0.3, 0.4) is 0 Å². The largest absolute Gasteiger partial charge is 0.378 e. The molecular weight excluding hydrogens is 196 g/mol. The number of nitrogens with zero attached hydrogens (tertiary/aromatic N) is 2. The van der Waals surface area contributed by atoms with Gasteiger partial charge in [0.1, 0.15) is 0 Å². The minimum atomic E-state index is 0.725. The number of hydrogen-bond donors (Lipinski definition) is 0. The van der Waals surface area contributed by atoms with Crippen molar-refractivity contribution in [2.45, 2.75) is 20.8 Å². The zero-order valence-corrected chi connectivity index (χ0v) is 10.8. The Balaban J connectivity index is 0.00000106. The van der Waals surface area contributed by atoms with E-state index in [1.807, 2.05) is 63.2 Å². The first-order valence-electron chi connectivity index (χ1n) is 5.49. The highest BCUT2D eigenvalue weighted by Gasteiger charge is 1.94. The predicted octanol–water partition coefficient (Wildman–Crippen LogP) is 3.71. The lowest BCUT2D eigenvalue weighted by Crippen LogP contribution is -2.07. The Labute approximate surface area is 98.8 Å². The summed E-state index contributed by atoms with van der Waals surface area (Å²) in [7, 11) is 4.01. The summed E-state index contributed by atoms with van der Waals surface area (Å²) < 4.78 is 0. The molecule has 0 saturated heterocycles. The molecule has 16 heavy (non-hydrogen) atoms. The Morgan fingerprint density at radius 3 is 2.06 bits per heavy atom. The van der Waals surface area contributed by atoms with Crippen LogP contribution in [-0.4, -0.2) is 14.1 Å². The Morgan fingerprint density at radius 2 is 1.69 bits per heavy atom. The molecule has 0 fully saturated rings. The zero-order chi connectivity index (χ0) is 12.6. The summed E-state index contributed by atoms with van der Waals surface area (Å²) in [6.07, 6.45) is 1.87. The van der Waals surface area contributed by atoms with E-state index in [4.69, 9.17) is 5.26 Å². The number of anilines is 1. The van der Waals surface area contributed by atoms with Crippen molar-refractivity contribution in [3.05, 3.63) is 35.4 Å². The van der Waals surface area contributed by atoms with Crippen molar-refractivity contribution in [3.8, 4) is 6.07 Å². The van der Waals surface area contributed by atoms with E-state index < -0.39 is 0 Å². The van der Waals surface area contributed by atoms with Crippen LogP contribution in [0.2, 0.25) is 0 Å².